The minimum absolute atomic E-state index is 0.225. The monoisotopic (exact) mass is 335 g/mol. The van der Waals surface area contributed by atoms with E-state index in [1.54, 1.807) is 0 Å². The lowest BCUT2D eigenvalue weighted by atomic mass is 9.92. The molecule has 0 saturated heterocycles. The third-order valence-electron chi connectivity index (χ3n) is 3.49. The summed E-state index contributed by atoms with van der Waals surface area (Å²) >= 11 is 3.23. The van der Waals surface area contributed by atoms with Crippen LogP contribution in [0.5, 0.6) is 0 Å². The van der Waals surface area contributed by atoms with Gasteiger partial charge in [0.05, 0.1) is 4.47 Å². The fourth-order valence-corrected chi connectivity index (χ4v) is 2.72. The number of hydrogen-bond donors (Lipinski definition) is 1. The quantitative estimate of drug-likeness (QED) is 0.868. The maximum absolute atomic E-state index is 13.2. The standard InChI is InChI=1S/C17H19BrFN/c1-12-2-4-13(5-3-12)8-15(11-20)9-14-6-7-17(19)16(18)10-14/h2-7,10,15H,8-9,11,20H2,1H3. The lowest BCUT2D eigenvalue weighted by Crippen LogP contribution is -2.19. The molecule has 1 nitrogen and oxygen atoms in total. The van der Waals surface area contributed by atoms with Crippen LogP contribution < -0.4 is 5.73 Å². The van der Waals surface area contributed by atoms with Gasteiger partial charge in [-0.2, -0.15) is 0 Å². The van der Waals surface area contributed by atoms with E-state index in [0.29, 0.717) is 16.9 Å². The first-order valence-corrected chi connectivity index (χ1v) is 7.57. The highest BCUT2D eigenvalue weighted by Crippen LogP contribution is 2.20. The van der Waals surface area contributed by atoms with E-state index in [-0.39, 0.29) is 5.82 Å². The molecule has 0 bridgehead atoms. The molecule has 1 unspecified atom stereocenters. The van der Waals surface area contributed by atoms with Gasteiger partial charge in [0.2, 0.25) is 0 Å². The number of hydrogen-bond acceptors (Lipinski definition) is 1. The zero-order chi connectivity index (χ0) is 14.5. The molecule has 0 aliphatic carbocycles. The minimum Gasteiger partial charge on any atom is -0.330 e. The summed E-state index contributed by atoms with van der Waals surface area (Å²) in [5.74, 6) is 0.145. The fraction of sp³-hybridized carbons (Fsp3) is 0.294. The van der Waals surface area contributed by atoms with Crippen LogP contribution in [0.1, 0.15) is 16.7 Å². The van der Waals surface area contributed by atoms with Crippen molar-refractivity contribution in [2.45, 2.75) is 19.8 Å². The van der Waals surface area contributed by atoms with Crippen molar-refractivity contribution >= 4 is 15.9 Å². The predicted molar refractivity (Wildman–Crippen MR) is 85.2 cm³/mol. The van der Waals surface area contributed by atoms with Gasteiger partial charge in [0.15, 0.2) is 0 Å². The van der Waals surface area contributed by atoms with Crippen molar-refractivity contribution in [1.82, 2.24) is 0 Å². The highest BCUT2D eigenvalue weighted by atomic mass is 79.9. The molecule has 2 N–H and O–H groups in total. The molecular weight excluding hydrogens is 317 g/mol. The maximum Gasteiger partial charge on any atom is 0.137 e. The van der Waals surface area contributed by atoms with Gasteiger partial charge in [0, 0.05) is 0 Å². The third-order valence-corrected chi connectivity index (χ3v) is 4.09. The molecule has 0 radical (unpaired) electrons. The Morgan fingerprint density at radius 1 is 1.05 bits per heavy atom. The highest BCUT2D eigenvalue weighted by molar-refractivity contribution is 9.10. The van der Waals surface area contributed by atoms with Crippen LogP contribution in [-0.2, 0) is 12.8 Å². The van der Waals surface area contributed by atoms with Gasteiger partial charge in [0.1, 0.15) is 5.82 Å². The lowest BCUT2D eigenvalue weighted by molar-refractivity contribution is 0.532. The van der Waals surface area contributed by atoms with Crippen LogP contribution in [0, 0.1) is 18.7 Å². The number of benzene rings is 2. The van der Waals surface area contributed by atoms with Crippen molar-refractivity contribution in [3.63, 3.8) is 0 Å². The van der Waals surface area contributed by atoms with E-state index in [1.165, 1.54) is 17.2 Å². The zero-order valence-electron chi connectivity index (χ0n) is 11.6. The molecule has 2 aromatic rings. The van der Waals surface area contributed by atoms with Crippen LogP contribution in [0.4, 0.5) is 4.39 Å². The normalized spacial score (nSPS) is 12.4. The Morgan fingerprint density at radius 2 is 1.65 bits per heavy atom. The fourth-order valence-electron chi connectivity index (χ4n) is 2.30. The van der Waals surface area contributed by atoms with Gasteiger partial charge in [-0.1, -0.05) is 35.9 Å². The number of halogens is 2. The Hall–Kier alpha value is -1.19. The minimum atomic E-state index is -0.225. The molecule has 0 heterocycles. The van der Waals surface area contributed by atoms with Crippen molar-refractivity contribution in [3.05, 3.63) is 69.4 Å². The Labute approximate surface area is 128 Å². The van der Waals surface area contributed by atoms with Crippen LogP contribution in [0.3, 0.4) is 0 Å². The molecule has 3 heteroatoms. The SMILES string of the molecule is Cc1ccc(CC(CN)Cc2ccc(F)c(Br)c2)cc1. The van der Waals surface area contributed by atoms with E-state index in [0.717, 1.165) is 18.4 Å². The van der Waals surface area contributed by atoms with Gasteiger partial charge in [-0.05, 0) is 71.4 Å². The van der Waals surface area contributed by atoms with E-state index in [4.69, 9.17) is 5.73 Å². The van der Waals surface area contributed by atoms with Gasteiger partial charge >= 0.3 is 0 Å². The molecule has 0 aliphatic heterocycles. The van der Waals surface area contributed by atoms with Gasteiger partial charge in [-0.3, -0.25) is 0 Å². The van der Waals surface area contributed by atoms with Gasteiger partial charge in [-0.15, -0.1) is 0 Å². The lowest BCUT2D eigenvalue weighted by Gasteiger charge is -2.15. The van der Waals surface area contributed by atoms with E-state index >= 15 is 0 Å². The van der Waals surface area contributed by atoms with Crippen LogP contribution in [-0.4, -0.2) is 6.54 Å². The average molecular weight is 336 g/mol. The average Bonchev–Trinajstić information content (AvgIpc) is 2.44. The molecule has 0 fully saturated rings. The predicted octanol–water partition coefficient (Wildman–Crippen LogP) is 4.26. The van der Waals surface area contributed by atoms with Gasteiger partial charge < -0.3 is 5.73 Å². The molecular formula is C17H19BrFN. The summed E-state index contributed by atoms with van der Waals surface area (Å²) in [5.41, 5.74) is 9.56. The van der Waals surface area contributed by atoms with Gasteiger partial charge in [-0.25, -0.2) is 4.39 Å². The molecule has 0 amide bonds. The Balaban J connectivity index is 2.04. The van der Waals surface area contributed by atoms with Crippen molar-refractivity contribution in [2.75, 3.05) is 6.54 Å². The first-order valence-electron chi connectivity index (χ1n) is 6.78. The Morgan fingerprint density at radius 3 is 2.25 bits per heavy atom. The van der Waals surface area contributed by atoms with Crippen molar-refractivity contribution in [3.8, 4) is 0 Å². The summed E-state index contributed by atoms with van der Waals surface area (Å²) in [4.78, 5) is 0. The second-order valence-electron chi connectivity index (χ2n) is 5.24. The Kier molecular flexibility index (Phi) is 5.32. The summed E-state index contributed by atoms with van der Waals surface area (Å²) in [6.45, 7) is 2.71. The first kappa shape index (κ1) is 15.2. The van der Waals surface area contributed by atoms with Crippen molar-refractivity contribution < 1.29 is 4.39 Å². The van der Waals surface area contributed by atoms with Gasteiger partial charge in [0.25, 0.3) is 0 Å². The van der Waals surface area contributed by atoms with E-state index < -0.39 is 0 Å². The van der Waals surface area contributed by atoms with Crippen LogP contribution >= 0.6 is 15.9 Å². The Bertz CT molecular complexity index is 566. The molecule has 0 aliphatic rings. The largest absolute Gasteiger partial charge is 0.330 e. The van der Waals surface area contributed by atoms with Crippen LogP contribution in [0.25, 0.3) is 0 Å². The second-order valence-corrected chi connectivity index (χ2v) is 6.10. The molecule has 2 rings (SSSR count). The van der Waals surface area contributed by atoms with Crippen molar-refractivity contribution in [2.24, 2.45) is 11.7 Å². The second kappa shape index (κ2) is 7.00. The highest BCUT2D eigenvalue weighted by Gasteiger charge is 2.10. The molecule has 0 saturated carbocycles. The van der Waals surface area contributed by atoms with E-state index in [2.05, 4.69) is 47.1 Å². The van der Waals surface area contributed by atoms with Crippen LogP contribution in [0.2, 0.25) is 0 Å². The number of rotatable bonds is 5. The summed E-state index contributed by atoms with van der Waals surface area (Å²) in [6, 6.07) is 13.7. The maximum atomic E-state index is 13.2. The summed E-state index contributed by atoms with van der Waals surface area (Å²) in [7, 11) is 0. The third kappa shape index (κ3) is 4.15. The van der Waals surface area contributed by atoms with Crippen LogP contribution in [0.15, 0.2) is 46.9 Å². The first-order chi connectivity index (χ1) is 9.58. The van der Waals surface area contributed by atoms with E-state index in [1.807, 2.05) is 12.1 Å². The van der Waals surface area contributed by atoms with Crippen molar-refractivity contribution in [1.29, 1.82) is 0 Å². The smallest absolute Gasteiger partial charge is 0.137 e. The topological polar surface area (TPSA) is 26.0 Å². The molecule has 0 spiro atoms. The van der Waals surface area contributed by atoms with E-state index in [9.17, 15) is 4.39 Å². The zero-order valence-corrected chi connectivity index (χ0v) is 13.2. The molecule has 20 heavy (non-hydrogen) atoms. The summed E-state index contributed by atoms with van der Waals surface area (Å²) < 4.78 is 13.7. The molecule has 106 valence electrons. The number of nitrogens with two attached hydrogens (primary N) is 1. The molecule has 2 aromatic carbocycles. The number of aryl methyl sites for hydroxylation is 1. The molecule has 0 aromatic heterocycles. The molecule has 1 atom stereocenters. The summed E-state index contributed by atoms with van der Waals surface area (Å²) in [6.07, 6.45) is 1.81. The summed E-state index contributed by atoms with van der Waals surface area (Å²) in [5, 5.41) is 0.